The molecule has 92 valence electrons. The summed E-state index contributed by atoms with van der Waals surface area (Å²) >= 11 is 0. The van der Waals surface area contributed by atoms with Gasteiger partial charge in [-0.1, -0.05) is 13.3 Å². The highest BCUT2D eigenvalue weighted by Gasteiger charge is 2.53. The van der Waals surface area contributed by atoms with Crippen molar-refractivity contribution in [1.82, 2.24) is 5.48 Å². The van der Waals surface area contributed by atoms with Crippen molar-refractivity contribution in [3.8, 4) is 0 Å². The lowest BCUT2D eigenvalue weighted by Gasteiger charge is -2.32. The molecule has 0 aromatic heterocycles. The Balaban J connectivity index is 1.92. The van der Waals surface area contributed by atoms with Crippen LogP contribution in [0.25, 0.3) is 0 Å². The lowest BCUT2D eigenvalue weighted by atomic mass is 9.95. The molecule has 1 N–H and O–H groups in total. The summed E-state index contributed by atoms with van der Waals surface area (Å²) in [5.41, 5.74) is 2.62. The van der Waals surface area contributed by atoms with Crippen molar-refractivity contribution < 1.29 is 9.63 Å². The smallest absolute Gasteiger partial charge is 0.167 e. The maximum atomic E-state index is 11.9. The fourth-order valence-corrected chi connectivity index (χ4v) is 3.04. The monoisotopic (exact) mass is 225 g/mol. The van der Waals surface area contributed by atoms with E-state index in [1.165, 1.54) is 0 Å². The summed E-state index contributed by atoms with van der Waals surface area (Å²) in [6.07, 6.45) is 5.90. The fourth-order valence-electron chi connectivity index (χ4n) is 3.04. The van der Waals surface area contributed by atoms with Gasteiger partial charge in [-0.05, 0) is 45.4 Å². The lowest BCUT2D eigenvalue weighted by molar-refractivity contribution is -0.161. The third-order valence-corrected chi connectivity index (χ3v) is 3.95. The number of ketones is 1. The summed E-state index contributed by atoms with van der Waals surface area (Å²) < 4.78 is 0. The third kappa shape index (κ3) is 2.16. The number of Topliss-reactive ketones (excluding diaryl/α,β-unsaturated/α-hetero) is 1. The molecule has 2 bridgehead atoms. The summed E-state index contributed by atoms with van der Waals surface area (Å²) in [6, 6.07) is 0. The molecule has 2 unspecified atom stereocenters. The number of rotatable bonds is 5. The third-order valence-electron chi connectivity index (χ3n) is 3.95. The van der Waals surface area contributed by atoms with Crippen LogP contribution in [0.5, 0.6) is 0 Å². The second kappa shape index (κ2) is 4.11. The molecule has 3 heteroatoms. The van der Waals surface area contributed by atoms with E-state index in [4.69, 9.17) is 4.84 Å². The van der Waals surface area contributed by atoms with E-state index in [0.717, 1.165) is 38.5 Å². The van der Waals surface area contributed by atoms with Crippen molar-refractivity contribution in [3.63, 3.8) is 0 Å². The Kier molecular flexibility index (Phi) is 3.10. The summed E-state index contributed by atoms with van der Waals surface area (Å²) in [4.78, 5) is 17.7. The molecule has 2 saturated carbocycles. The van der Waals surface area contributed by atoms with E-state index in [-0.39, 0.29) is 5.54 Å². The van der Waals surface area contributed by atoms with Crippen LogP contribution in [0.15, 0.2) is 0 Å². The number of nitrogens with one attached hydrogen (secondary N) is 1. The second-order valence-corrected chi connectivity index (χ2v) is 6.07. The van der Waals surface area contributed by atoms with Crippen LogP contribution in [-0.4, -0.2) is 16.9 Å². The van der Waals surface area contributed by atoms with Crippen molar-refractivity contribution in [3.05, 3.63) is 0 Å². The maximum Gasteiger partial charge on any atom is 0.167 e. The fraction of sp³-hybridized carbons (Fsp3) is 0.923. The highest BCUT2D eigenvalue weighted by molar-refractivity contribution is 5.90. The molecule has 0 saturated heterocycles. The summed E-state index contributed by atoms with van der Waals surface area (Å²) in [5.74, 6) is 0.895. The Morgan fingerprint density at radius 2 is 2.31 bits per heavy atom. The number of carbonyl (C=O) groups excluding carboxylic acids is 1. The van der Waals surface area contributed by atoms with E-state index in [0.29, 0.717) is 11.7 Å². The highest BCUT2D eigenvalue weighted by Crippen LogP contribution is 2.47. The minimum atomic E-state index is -0.477. The quantitative estimate of drug-likeness (QED) is 0.731. The topological polar surface area (TPSA) is 38.3 Å². The van der Waals surface area contributed by atoms with Crippen LogP contribution in [0.1, 0.15) is 59.3 Å². The van der Waals surface area contributed by atoms with Crippen molar-refractivity contribution in [2.45, 2.75) is 70.4 Å². The first-order valence-electron chi connectivity index (χ1n) is 6.46. The van der Waals surface area contributed by atoms with E-state index < -0.39 is 5.60 Å². The summed E-state index contributed by atoms with van der Waals surface area (Å²) in [5, 5.41) is 0. The van der Waals surface area contributed by atoms with E-state index in [2.05, 4.69) is 26.3 Å². The van der Waals surface area contributed by atoms with Gasteiger partial charge in [-0.25, -0.2) is 0 Å². The molecule has 2 atom stereocenters. The Morgan fingerprint density at radius 3 is 2.81 bits per heavy atom. The Hall–Kier alpha value is -0.410. The predicted octanol–water partition coefficient (Wildman–Crippen LogP) is 2.60. The van der Waals surface area contributed by atoms with Gasteiger partial charge in [0.15, 0.2) is 5.78 Å². The van der Waals surface area contributed by atoms with Gasteiger partial charge in [-0.3, -0.25) is 9.63 Å². The molecule has 0 aromatic carbocycles. The molecule has 2 fully saturated rings. The Morgan fingerprint density at radius 1 is 1.56 bits per heavy atom. The molecule has 0 aliphatic heterocycles. The van der Waals surface area contributed by atoms with Gasteiger partial charge in [0.25, 0.3) is 0 Å². The summed E-state index contributed by atoms with van der Waals surface area (Å²) in [6.45, 7) is 6.41. The molecule has 2 aliphatic rings. The molecular formula is C13H23NO2. The average Bonchev–Trinajstić information content (AvgIpc) is 2.72. The van der Waals surface area contributed by atoms with E-state index in [1.807, 2.05) is 0 Å². The highest BCUT2D eigenvalue weighted by atomic mass is 16.7. The predicted molar refractivity (Wildman–Crippen MR) is 62.9 cm³/mol. The largest absolute Gasteiger partial charge is 0.296 e. The van der Waals surface area contributed by atoms with Gasteiger partial charge < -0.3 is 0 Å². The van der Waals surface area contributed by atoms with Gasteiger partial charge in [0.05, 0.1) is 0 Å². The SMILES string of the molecule is CCCC(C)(C)NOC12CCC(CC1=O)C2. The molecule has 2 aliphatic carbocycles. The van der Waals surface area contributed by atoms with Crippen LogP contribution >= 0.6 is 0 Å². The number of carbonyl (C=O) groups is 1. The van der Waals surface area contributed by atoms with E-state index in [9.17, 15) is 4.79 Å². The maximum absolute atomic E-state index is 11.9. The van der Waals surface area contributed by atoms with Crippen molar-refractivity contribution >= 4 is 5.78 Å². The van der Waals surface area contributed by atoms with Crippen LogP contribution < -0.4 is 5.48 Å². The standard InChI is InChI=1S/C13H23NO2/c1-4-6-12(2,3)14-16-13-7-5-10(9-13)8-11(13)15/h10,14H,4-9H2,1-3H3. The number of hydroxylamine groups is 1. The molecule has 2 rings (SSSR count). The molecule has 0 spiro atoms. The van der Waals surface area contributed by atoms with Crippen molar-refractivity contribution in [1.29, 1.82) is 0 Å². The minimum absolute atomic E-state index is 0.0372. The number of hydrogen-bond acceptors (Lipinski definition) is 3. The molecule has 16 heavy (non-hydrogen) atoms. The minimum Gasteiger partial charge on any atom is -0.296 e. The molecule has 3 nitrogen and oxygen atoms in total. The second-order valence-electron chi connectivity index (χ2n) is 6.07. The molecule has 0 heterocycles. The van der Waals surface area contributed by atoms with Gasteiger partial charge in [-0.2, -0.15) is 5.48 Å². The first-order chi connectivity index (χ1) is 7.47. The zero-order chi connectivity index (χ0) is 11.8. The van der Waals surface area contributed by atoms with Gasteiger partial charge in [-0.15, -0.1) is 0 Å². The molecule has 0 radical (unpaired) electrons. The van der Waals surface area contributed by atoms with Crippen molar-refractivity contribution in [2.24, 2.45) is 5.92 Å². The van der Waals surface area contributed by atoms with Gasteiger partial charge in [0, 0.05) is 12.0 Å². The zero-order valence-corrected chi connectivity index (χ0v) is 10.6. The van der Waals surface area contributed by atoms with Crippen LogP contribution in [0.3, 0.4) is 0 Å². The number of fused-ring (bicyclic) bond motifs is 2. The Labute approximate surface area is 97.9 Å². The van der Waals surface area contributed by atoms with Crippen LogP contribution in [0, 0.1) is 5.92 Å². The molecule has 0 amide bonds. The van der Waals surface area contributed by atoms with Gasteiger partial charge in [0.2, 0.25) is 0 Å². The van der Waals surface area contributed by atoms with Crippen LogP contribution in [0.2, 0.25) is 0 Å². The van der Waals surface area contributed by atoms with E-state index in [1.54, 1.807) is 0 Å². The summed E-state index contributed by atoms with van der Waals surface area (Å²) in [7, 11) is 0. The van der Waals surface area contributed by atoms with Gasteiger partial charge >= 0.3 is 0 Å². The molecular weight excluding hydrogens is 202 g/mol. The average molecular weight is 225 g/mol. The van der Waals surface area contributed by atoms with Crippen LogP contribution in [-0.2, 0) is 9.63 Å². The first kappa shape index (κ1) is 12.1. The Bertz CT molecular complexity index is 288. The van der Waals surface area contributed by atoms with Crippen LogP contribution in [0.4, 0.5) is 0 Å². The first-order valence-corrected chi connectivity index (χ1v) is 6.46. The normalized spacial score (nSPS) is 33.7. The number of hydrogen-bond donors (Lipinski definition) is 1. The zero-order valence-electron chi connectivity index (χ0n) is 10.6. The van der Waals surface area contributed by atoms with Crippen molar-refractivity contribution in [2.75, 3.05) is 0 Å². The van der Waals surface area contributed by atoms with E-state index >= 15 is 0 Å². The lowest BCUT2D eigenvalue weighted by Crippen LogP contribution is -2.48. The molecule has 0 aromatic rings. The van der Waals surface area contributed by atoms with Gasteiger partial charge in [0.1, 0.15) is 5.60 Å².